The SMILES string of the molecule is Cc1c(CC(=O)O)c(=O)oc2cc(OCc3cccc(F)c3)ccc12. The number of carboxylic acid groups (broad SMARTS) is 1. The van der Waals surface area contributed by atoms with Crippen LogP contribution in [0.1, 0.15) is 16.7 Å². The molecule has 0 fully saturated rings. The minimum Gasteiger partial charge on any atom is -0.489 e. The summed E-state index contributed by atoms with van der Waals surface area (Å²) in [4.78, 5) is 22.9. The second-order valence-corrected chi connectivity index (χ2v) is 5.64. The number of rotatable bonds is 5. The van der Waals surface area contributed by atoms with Gasteiger partial charge in [-0.2, -0.15) is 0 Å². The monoisotopic (exact) mass is 342 g/mol. The third kappa shape index (κ3) is 3.68. The van der Waals surface area contributed by atoms with Crippen LogP contribution >= 0.6 is 0 Å². The van der Waals surface area contributed by atoms with Crippen molar-refractivity contribution in [2.24, 2.45) is 0 Å². The lowest BCUT2D eigenvalue weighted by molar-refractivity contribution is -0.136. The van der Waals surface area contributed by atoms with Gasteiger partial charge in [0.2, 0.25) is 0 Å². The number of halogens is 1. The van der Waals surface area contributed by atoms with Gasteiger partial charge in [-0.25, -0.2) is 9.18 Å². The highest BCUT2D eigenvalue weighted by atomic mass is 19.1. The first-order chi connectivity index (χ1) is 11.9. The van der Waals surface area contributed by atoms with E-state index in [1.807, 2.05) is 0 Å². The highest BCUT2D eigenvalue weighted by Crippen LogP contribution is 2.25. The summed E-state index contributed by atoms with van der Waals surface area (Å²) >= 11 is 0. The number of hydrogen-bond donors (Lipinski definition) is 1. The fraction of sp³-hybridized carbons (Fsp3) is 0.158. The van der Waals surface area contributed by atoms with E-state index in [4.69, 9.17) is 14.3 Å². The number of carbonyl (C=O) groups is 1. The molecule has 0 saturated carbocycles. The maximum absolute atomic E-state index is 13.2. The smallest absolute Gasteiger partial charge is 0.340 e. The Labute approximate surface area is 142 Å². The second kappa shape index (κ2) is 6.76. The molecule has 25 heavy (non-hydrogen) atoms. The Bertz CT molecular complexity index is 1010. The molecule has 1 N–H and O–H groups in total. The molecule has 6 heteroatoms. The van der Waals surface area contributed by atoms with E-state index in [1.165, 1.54) is 12.1 Å². The zero-order chi connectivity index (χ0) is 18.0. The molecule has 0 radical (unpaired) electrons. The molecule has 0 amide bonds. The van der Waals surface area contributed by atoms with E-state index < -0.39 is 11.6 Å². The van der Waals surface area contributed by atoms with Crippen LogP contribution in [0, 0.1) is 12.7 Å². The zero-order valence-electron chi connectivity index (χ0n) is 13.4. The van der Waals surface area contributed by atoms with Gasteiger partial charge in [0.1, 0.15) is 23.8 Å². The van der Waals surface area contributed by atoms with Crippen molar-refractivity contribution in [3.8, 4) is 5.75 Å². The lowest BCUT2D eigenvalue weighted by Gasteiger charge is -2.09. The first-order valence-corrected chi connectivity index (χ1v) is 7.59. The molecule has 0 aliphatic heterocycles. The van der Waals surface area contributed by atoms with Gasteiger partial charge in [-0.15, -0.1) is 0 Å². The van der Waals surface area contributed by atoms with Gasteiger partial charge in [-0.3, -0.25) is 4.79 Å². The van der Waals surface area contributed by atoms with Crippen LogP contribution in [0.2, 0.25) is 0 Å². The van der Waals surface area contributed by atoms with Gasteiger partial charge in [0.25, 0.3) is 0 Å². The Balaban J connectivity index is 1.90. The van der Waals surface area contributed by atoms with Crippen molar-refractivity contribution in [1.29, 1.82) is 0 Å². The summed E-state index contributed by atoms with van der Waals surface area (Å²) in [6.45, 7) is 1.86. The number of ether oxygens (including phenoxy) is 1. The Kier molecular flexibility index (Phi) is 4.52. The summed E-state index contributed by atoms with van der Waals surface area (Å²) in [7, 11) is 0. The molecule has 3 aromatic rings. The van der Waals surface area contributed by atoms with Crippen LogP contribution in [0.5, 0.6) is 5.75 Å². The Morgan fingerprint density at radius 1 is 1.24 bits per heavy atom. The molecular weight excluding hydrogens is 327 g/mol. The quantitative estimate of drug-likeness (QED) is 0.719. The average molecular weight is 342 g/mol. The van der Waals surface area contributed by atoms with E-state index in [-0.39, 0.29) is 24.4 Å². The van der Waals surface area contributed by atoms with E-state index in [0.717, 1.165) is 0 Å². The second-order valence-electron chi connectivity index (χ2n) is 5.64. The maximum Gasteiger partial charge on any atom is 0.340 e. The van der Waals surface area contributed by atoms with Crippen molar-refractivity contribution in [3.63, 3.8) is 0 Å². The van der Waals surface area contributed by atoms with Crippen molar-refractivity contribution in [2.45, 2.75) is 20.0 Å². The fourth-order valence-corrected chi connectivity index (χ4v) is 2.61. The molecule has 0 aliphatic rings. The molecule has 5 nitrogen and oxygen atoms in total. The van der Waals surface area contributed by atoms with Gasteiger partial charge in [-0.1, -0.05) is 12.1 Å². The normalized spacial score (nSPS) is 10.8. The van der Waals surface area contributed by atoms with Crippen LogP contribution in [0.25, 0.3) is 11.0 Å². The van der Waals surface area contributed by atoms with E-state index >= 15 is 0 Å². The van der Waals surface area contributed by atoms with Crippen LogP contribution in [0.4, 0.5) is 4.39 Å². The van der Waals surface area contributed by atoms with Gasteiger partial charge in [0, 0.05) is 11.5 Å². The van der Waals surface area contributed by atoms with Gasteiger partial charge in [0.15, 0.2) is 0 Å². The first-order valence-electron chi connectivity index (χ1n) is 7.59. The standard InChI is InChI=1S/C19H15FO5/c1-11-15-6-5-14(24-10-12-3-2-4-13(20)7-12)8-17(15)25-19(23)16(11)9-18(21)22/h2-8H,9-10H2,1H3,(H,21,22). The van der Waals surface area contributed by atoms with E-state index in [2.05, 4.69) is 0 Å². The molecule has 3 rings (SSSR count). The summed E-state index contributed by atoms with van der Waals surface area (Å²) in [6, 6.07) is 11.0. The minimum absolute atomic E-state index is 0.133. The summed E-state index contributed by atoms with van der Waals surface area (Å²) in [5.74, 6) is -0.970. The summed E-state index contributed by atoms with van der Waals surface area (Å²) in [6.07, 6.45) is -0.387. The molecule has 2 aromatic carbocycles. The average Bonchev–Trinajstić information content (AvgIpc) is 2.56. The number of fused-ring (bicyclic) bond motifs is 1. The van der Waals surface area contributed by atoms with Crippen LogP contribution < -0.4 is 10.4 Å². The van der Waals surface area contributed by atoms with Gasteiger partial charge < -0.3 is 14.3 Å². The van der Waals surface area contributed by atoms with E-state index in [9.17, 15) is 14.0 Å². The lowest BCUT2D eigenvalue weighted by atomic mass is 10.0. The maximum atomic E-state index is 13.2. The summed E-state index contributed by atoms with van der Waals surface area (Å²) in [5.41, 5.74) is 1.02. The van der Waals surface area contributed by atoms with Crippen molar-refractivity contribution in [1.82, 2.24) is 0 Å². The van der Waals surface area contributed by atoms with Crippen LogP contribution in [-0.4, -0.2) is 11.1 Å². The zero-order valence-corrected chi connectivity index (χ0v) is 13.4. The summed E-state index contributed by atoms with van der Waals surface area (Å²) < 4.78 is 24.0. The molecule has 0 bridgehead atoms. The van der Waals surface area contributed by atoms with Crippen LogP contribution in [0.15, 0.2) is 51.7 Å². The van der Waals surface area contributed by atoms with Crippen molar-refractivity contribution < 1.29 is 23.4 Å². The third-order valence-corrected chi connectivity index (χ3v) is 3.88. The summed E-state index contributed by atoms with van der Waals surface area (Å²) in [5, 5.41) is 9.55. The highest BCUT2D eigenvalue weighted by molar-refractivity contribution is 5.83. The van der Waals surface area contributed by atoms with Crippen molar-refractivity contribution >= 4 is 16.9 Å². The molecule has 1 aromatic heterocycles. The number of carboxylic acids is 1. The van der Waals surface area contributed by atoms with Gasteiger partial charge in [-0.05, 0) is 42.3 Å². The van der Waals surface area contributed by atoms with Crippen molar-refractivity contribution in [2.75, 3.05) is 0 Å². The molecule has 1 heterocycles. The fourth-order valence-electron chi connectivity index (χ4n) is 2.61. The molecule has 128 valence electrons. The van der Waals surface area contributed by atoms with Gasteiger partial charge in [0.05, 0.1) is 12.0 Å². The minimum atomic E-state index is -1.09. The number of benzene rings is 2. The highest BCUT2D eigenvalue weighted by Gasteiger charge is 2.14. The number of hydrogen-bond acceptors (Lipinski definition) is 4. The predicted molar refractivity (Wildman–Crippen MR) is 89.3 cm³/mol. The van der Waals surface area contributed by atoms with Crippen LogP contribution in [0.3, 0.4) is 0 Å². The Morgan fingerprint density at radius 2 is 2.04 bits per heavy atom. The molecular formula is C19H15FO5. The van der Waals surface area contributed by atoms with Crippen LogP contribution in [-0.2, 0) is 17.8 Å². The molecule has 0 unspecified atom stereocenters. The molecule has 0 saturated heterocycles. The van der Waals surface area contributed by atoms with Crippen molar-refractivity contribution in [3.05, 3.63) is 75.4 Å². The third-order valence-electron chi connectivity index (χ3n) is 3.88. The predicted octanol–water partition coefficient (Wildman–Crippen LogP) is 3.45. The lowest BCUT2D eigenvalue weighted by Crippen LogP contribution is -2.14. The largest absolute Gasteiger partial charge is 0.489 e. The van der Waals surface area contributed by atoms with Gasteiger partial charge >= 0.3 is 11.6 Å². The first kappa shape index (κ1) is 16.7. The molecule has 0 aliphatic carbocycles. The van der Waals surface area contributed by atoms with E-state index in [1.54, 1.807) is 37.3 Å². The number of aryl methyl sites for hydroxylation is 1. The van der Waals surface area contributed by atoms with E-state index in [0.29, 0.717) is 27.8 Å². The Hall–Kier alpha value is -3.15. The molecule has 0 atom stereocenters. The Morgan fingerprint density at radius 3 is 2.76 bits per heavy atom. The topological polar surface area (TPSA) is 76.7 Å². The molecule has 0 spiro atoms. The number of aliphatic carboxylic acids is 1.